The Morgan fingerprint density at radius 2 is 2.18 bits per heavy atom. The lowest BCUT2D eigenvalue weighted by molar-refractivity contribution is 0.548. The molecule has 0 spiro atoms. The molecular weight excluding hydrogens is 214 g/mol. The van der Waals surface area contributed by atoms with Gasteiger partial charge in [0.15, 0.2) is 11.6 Å². The van der Waals surface area contributed by atoms with E-state index < -0.39 is 0 Å². The minimum atomic E-state index is 0.638. The molecule has 0 saturated carbocycles. The number of hydrogen-bond donors (Lipinski definition) is 2. The lowest BCUT2D eigenvalue weighted by Gasteiger charge is -2.07. The molecule has 0 bridgehead atoms. The summed E-state index contributed by atoms with van der Waals surface area (Å²) in [5.41, 5.74) is 0.979. The quantitative estimate of drug-likeness (QED) is 0.820. The van der Waals surface area contributed by atoms with Crippen LogP contribution in [-0.4, -0.2) is 26.5 Å². The summed E-state index contributed by atoms with van der Waals surface area (Å²) < 4.78 is 0. The highest BCUT2D eigenvalue weighted by molar-refractivity contribution is 5.41. The summed E-state index contributed by atoms with van der Waals surface area (Å²) in [5, 5.41) is 3.35. The van der Waals surface area contributed by atoms with Gasteiger partial charge in [-0.15, -0.1) is 0 Å². The fourth-order valence-corrected chi connectivity index (χ4v) is 1.49. The highest BCUT2D eigenvalue weighted by atomic mass is 15.0. The van der Waals surface area contributed by atoms with E-state index in [0.29, 0.717) is 17.6 Å². The SMILES string of the molecule is CC(C)CNCc1ccnc(-c2ncc[nH]2)n1. The van der Waals surface area contributed by atoms with Crippen molar-refractivity contribution in [2.75, 3.05) is 6.54 Å². The molecule has 0 saturated heterocycles. The molecule has 0 unspecified atom stereocenters. The molecule has 0 fully saturated rings. The summed E-state index contributed by atoms with van der Waals surface area (Å²) in [7, 11) is 0. The van der Waals surface area contributed by atoms with Gasteiger partial charge in [0.2, 0.25) is 0 Å². The van der Waals surface area contributed by atoms with Crippen LogP contribution in [-0.2, 0) is 6.54 Å². The maximum Gasteiger partial charge on any atom is 0.195 e. The molecule has 17 heavy (non-hydrogen) atoms. The van der Waals surface area contributed by atoms with E-state index in [4.69, 9.17) is 0 Å². The fraction of sp³-hybridized carbons (Fsp3) is 0.417. The van der Waals surface area contributed by atoms with Gasteiger partial charge >= 0.3 is 0 Å². The number of nitrogens with zero attached hydrogens (tertiary/aromatic N) is 3. The molecular formula is C12H17N5. The molecule has 0 aliphatic rings. The standard InChI is InChI=1S/C12H17N5/c1-9(2)7-13-8-10-3-4-14-12(17-10)11-15-5-6-16-11/h3-6,9,13H,7-8H2,1-2H3,(H,15,16). The van der Waals surface area contributed by atoms with Crippen LogP contribution in [0.5, 0.6) is 0 Å². The van der Waals surface area contributed by atoms with Crippen LogP contribution in [0.2, 0.25) is 0 Å². The molecule has 0 aliphatic heterocycles. The Morgan fingerprint density at radius 3 is 2.88 bits per heavy atom. The van der Waals surface area contributed by atoms with Crippen LogP contribution in [0, 0.1) is 5.92 Å². The maximum atomic E-state index is 4.44. The zero-order chi connectivity index (χ0) is 12.1. The van der Waals surface area contributed by atoms with Gasteiger partial charge in [0.1, 0.15) is 0 Å². The zero-order valence-corrected chi connectivity index (χ0v) is 10.1. The molecule has 2 N–H and O–H groups in total. The first-order valence-electron chi connectivity index (χ1n) is 5.78. The van der Waals surface area contributed by atoms with Gasteiger partial charge in [-0.1, -0.05) is 13.8 Å². The molecule has 5 heteroatoms. The first-order chi connectivity index (χ1) is 8.25. The largest absolute Gasteiger partial charge is 0.342 e. The minimum absolute atomic E-state index is 0.638. The first kappa shape index (κ1) is 11.7. The molecule has 0 radical (unpaired) electrons. The van der Waals surface area contributed by atoms with Crippen molar-refractivity contribution in [3.8, 4) is 11.6 Å². The second-order valence-electron chi connectivity index (χ2n) is 4.33. The van der Waals surface area contributed by atoms with Gasteiger partial charge in [-0.2, -0.15) is 0 Å². The summed E-state index contributed by atoms with van der Waals surface area (Å²) in [6.45, 7) is 6.11. The third kappa shape index (κ3) is 3.35. The van der Waals surface area contributed by atoms with E-state index in [1.807, 2.05) is 6.07 Å². The van der Waals surface area contributed by atoms with Crippen molar-refractivity contribution >= 4 is 0 Å². The Kier molecular flexibility index (Phi) is 3.82. The number of H-pyrrole nitrogens is 1. The lowest BCUT2D eigenvalue weighted by atomic mass is 10.2. The molecule has 2 rings (SSSR count). The highest BCUT2D eigenvalue weighted by Crippen LogP contribution is 2.07. The van der Waals surface area contributed by atoms with Crippen molar-refractivity contribution in [1.82, 2.24) is 25.3 Å². The van der Waals surface area contributed by atoms with Crippen molar-refractivity contribution in [3.05, 3.63) is 30.4 Å². The molecule has 2 aromatic heterocycles. The Morgan fingerprint density at radius 1 is 1.29 bits per heavy atom. The van der Waals surface area contributed by atoms with Crippen molar-refractivity contribution in [2.24, 2.45) is 5.92 Å². The van der Waals surface area contributed by atoms with Crippen LogP contribution in [0.4, 0.5) is 0 Å². The number of nitrogens with one attached hydrogen (secondary N) is 2. The van der Waals surface area contributed by atoms with Gasteiger partial charge in [-0.25, -0.2) is 15.0 Å². The van der Waals surface area contributed by atoms with Crippen molar-refractivity contribution in [3.63, 3.8) is 0 Å². The Hall–Kier alpha value is -1.75. The van der Waals surface area contributed by atoms with Gasteiger partial charge in [0.05, 0.1) is 5.69 Å². The number of hydrogen-bond acceptors (Lipinski definition) is 4. The number of imidazole rings is 1. The van der Waals surface area contributed by atoms with Crippen molar-refractivity contribution in [1.29, 1.82) is 0 Å². The normalized spacial score (nSPS) is 11.0. The van der Waals surface area contributed by atoms with Gasteiger partial charge < -0.3 is 10.3 Å². The van der Waals surface area contributed by atoms with E-state index in [0.717, 1.165) is 18.8 Å². The third-order valence-corrected chi connectivity index (χ3v) is 2.28. The molecule has 2 heterocycles. The second-order valence-corrected chi connectivity index (χ2v) is 4.33. The van der Waals surface area contributed by atoms with Gasteiger partial charge in [0.25, 0.3) is 0 Å². The molecule has 0 aliphatic carbocycles. The summed E-state index contributed by atoms with van der Waals surface area (Å²) in [6, 6.07) is 1.92. The molecule has 0 aromatic carbocycles. The molecule has 0 amide bonds. The van der Waals surface area contributed by atoms with E-state index in [2.05, 4.69) is 39.1 Å². The Bertz CT molecular complexity index is 450. The monoisotopic (exact) mass is 231 g/mol. The highest BCUT2D eigenvalue weighted by Gasteiger charge is 2.04. The van der Waals surface area contributed by atoms with Gasteiger partial charge in [-0.3, -0.25) is 0 Å². The molecule has 0 atom stereocenters. The summed E-state index contributed by atoms with van der Waals surface area (Å²) >= 11 is 0. The van der Waals surface area contributed by atoms with Crippen LogP contribution in [0.3, 0.4) is 0 Å². The number of aromatic amines is 1. The number of aromatic nitrogens is 4. The average Bonchev–Trinajstić information content (AvgIpc) is 2.82. The minimum Gasteiger partial charge on any atom is -0.342 e. The number of rotatable bonds is 5. The molecule has 90 valence electrons. The smallest absolute Gasteiger partial charge is 0.195 e. The van der Waals surface area contributed by atoms with E-state index in [1.165, 1.54) is 0 Å². The van der Waals surface area contributed by atoms with Gasteiger partial charge in [0, 0.05) is 25.1 Å². The van der Waals surface area contributed by atoms with Gasteiger partial charge in [-0.05, 0) is 18.5 Å². The topological polar surface area (TPSA) is 66.5 Å². The van der Waals surface area contributed by atoms with E-state index in [9.17, 15) is 0 Å². The zero-order valence-electron chi connectivity index (χ0n) is 10.1. The second kappa shape index (κ2) is 5.54. The maximum absolute atomic E-state index is 4.44. The fourth-order valence-electron chi connectivity index (χ4n) is 1.49. The van der Waals surface area contributed by atoms with Crippen LogP contribution >= 0.6 is 0 Å². The summed E-state index contributed by atoms with van der Waals surface area (Å²) in [5.74, 6) is 1.98. The van der Waals surface area contributed by atoms with Crippen molar-refractivity contribution < 1.29 is 0 Å². The average molecular weight is 231 g/mol. The van der Waals surface area contributed by atoms with Crippen LogP contribution in [0.1, 0.15) is 19.5 Å². The predicted octanol–water partition coefficient (Wildman–Crippen LogP) is 1.61. The predicted molar refractivity (Wildman–Crippen MR) is 66.2 cm³/mol. The lowest BCUT2D eigenvalue weighted by Crippen LogP contribution is -2.19. The first-order valence-corrected chi connectivity index (χ1v) is 5.78. The molecule has 5 nitrogen and oxygen atoms in total. The van der Waals surface area contributed by atoms with Crippen LogP contribution in [0.15, 0.2) is 24.7 Å². The van der Waals surface area contributed by atoms with E-state index in [-0.39, 0.29) is 0 Å². The van der Waals surface area contributed by atoms with E-state index >= 15 is 0 Å². The van der Waals surface area contributed by atoms with E-state index in [1.54, 1.807) is 18.6 Å². The summed E-state index contributed by atoms with van der Waals surface area (Å²) in [4.78, 5) is 15.8. The van der Waals surface area contributed by atoms with Crippen LogP contribution < -0.4 is 5.32 Å². The molecule has 2 aromatic rings. The summed E-state index contributed by atoms with van der Waals surface area (Å²) in [6.07, 6.45) is 5.22. The Labute approximate surface area is 101 Å². The Balaban J connectivity index is 2.02. The van der Waals surface area contributed by atoms with Crippen LogP contribution in [0.25, 0.3) is 11.6 Å². The van der Waals surface area contributed by atoms with Crippen molar-refractivity contribution in [2.45, 2.75) is 20.4 Å². The third-order valence-electron chi connectivity index (χ3n) is 2.28.